The van der Waals surface area contributed by atoms with Gasteiger partial charge in [0, 0.05) is 23.7 Å². The number of halogens is 3. The van der Waals surface area contributed by atoms with Crippen molar-refractivity contribution in [3.05, 3.63) is 52.7 Å². The molecule has 0 aliphatic carbocycles. The van der Waals surface area contributed by atoms with Gasteiger partial charge in [-0.2, -0.15) is 0 Å². The van der Waals surface area contributed by atoms with E-state index in [0.29, 0.717) is 5.69 Å². The van der Waals surface area contributed by atoms with Gasteiger partial charge < -0.3 is 15.0 Å². The van der Waals surface area contributed by atoms with E-state index < -0.39 is 12.3 Å². The highest BCUT2D eigenvalue weighted by Gasteiger charge is 2.30. The average molecular weight is 384 g/mol. The lowest BCUT2D eigenvalue weighted by molar-refractivity contribution is -0.274. The van der Waals surface area contributed by atoms with E-state index in [-0.39, 0.29) is 18.2 Å². The predicted molar refractivity (Wildman–Crippen MR) is 92.7 cm³/mol. The second kappa shape index (κ2) is 8.52. The Morgan fingerprint density at radius 3 is 2.50 bits per heavy atom. The number of alkyl halides is 3. The lowest BCUT2D eigenvalue weighted by atomic mass is 10.3. The van der Waals surface area contributed by atoms with Gasteiger partial charge >= 0.3 is 6.36 Å². The number of nitrogens with zero attached hydrogens (tertiary/aromatic N) is 1. The first-order chi connectivity index (χ1) is 12.2. The molecule has 0 unspecified atom stereocenters. The molecule has 1 N–H and O–H groups in total. The zero-order valence-corrected chi connectivity index (χ0v) is 14.4. The fraction of sp³-hybridized carbons (Fsp3) is 0.176. The van der Waals surface area contributed by atoms with Crippen LogP contribution in [0, 0.1) is 0 Å². The summed E-state index contributed by atoms with van der Waals surface area (Å²) in [7, 11) is 1.47. The highest BCUT2D eigenvalue weighted by molar-refractivity contribution is 7.10. The third-order valence-corrected chi connectivity index (χ3v) is 3.90. The molecule has 0 radical (unpaired) electrons. The van der Waals surface area contributed by atoms with E-state index >= 15 is 0 Å². The van der Waals surface area contributed by atoms with Crippen LogP contribution >= 0.6 is 11.3 Å². The zero-order valence-electron chi connectivity index (χ0n) is 13.6. The Morgan fingerprint density at radius 2 is 1.92 bits per heavy atom. The van der Waals surface area contributed by atoms with Crippen LogP contribution in [0.2, 0.25) is 0 Å². The van der Waals surface area contributed by atoms with E-state index in [1.54, 1.807) is 6.08 Å². The fourth-order valence-electron chi connectivity index (χ4n) is 1.90. The molecule has 0 aliphatic rings. The molecule has 9 heteroatoms. The summed E-state index contributed by atoms with van der Waals surface area (Å²) in [6.07, 6.45) is -1.76. The molecule has 138 valence electrons. The molecule has 26 heavy (non-hydrogen) atoms. The van der Waals surface area contributed by atoms with Crippen molar-refractivity contribution in [3.8, 4) is 5.75 Å². The maximum absolute atomic E-state index is 12.1. The largest absolute Gasteiger partial charge is 0.573 e. The highest BCUT2D eigenvalue weighted by Crippen LogP contribution is 2.23. The second-order valence-electron chi connectivity index (χ2n) is 5.16. The van der Waals surface area contributed by atoms with Gasteiger partial charge in [0.05, 0.1) is 6.54 Å². The fourth-order valence-corrected chi connectivity index (χ4v) is 2.52. The van der Waals surface area contributed by atoms with E-state index in [1.165, 1.54) is 41.5 Å². The highest BCUT2D eigenvalue weighted by atomic mass is 32.1. The second-order valence-corrected chi connectivity index (χ2v) is 6.14. The van der Waals surface area contributed by atoms with Crippen LogP contribution in [-0.2, 0) is 9.59 Å². The van der Waals surface area contributed by atoms with Gasteiger partial charge in [-0.3, -0.25) is 9.59 Å². The third-order valence-electron chi connectivity index (χ3n) is 3.06. The first kappa shape index (κ1) is 19.5. The summed E-state index contributed by atoms with van der Waals surface area (Å²) in [4.78, 5) is 26.0. The number of thiophene rings is 1. The molecule has 2 aromatic rings. The van der Waals surface area contributed by atoms with Gasteiger partial charge in [-0.25, -0.2) is 0 Å². The van der Waals surface area contributed by atoms with Gasteiger partial charge in [0.1, 0.15) is 5.75 Å². The SMILES string of the molecule is CN(CC(=O)Nc1ccc(OC(F)(F)F)cc1)C(=O)C=Cc1cccs1. The van der Waals surface area contributed by atoms with Crippen molar-refractivity contribution in [1.29, 1.82) is 0 Å². The van der Waals surface area contributed by atoms with Crippen molar-refractivity contribution in [2.45, 2.75) is 6.36 Å². The number of hydrogen-bond acceptors (Lipinski definition) is 4. The maximum Gasteiger partial charge on any atom is 0.573 e. The molecule has 1 aromatic heterocycles. The van der Waals surface area contributed by atoms with E-state index in [1.807, 2.05) is 17.5 Å². The number of likely N-dealkylation sites (N-methyl/N-ethyl adjacent to an activating group) is 1. The molecular formula is C17H15F3N2O3S. The quantitative estimate of drug-likeness (QED) is 0.772. The molecule has 0 saturated carbocycles. The van der Waals surface area contributed by atoms with Crippen LogP contribution in [0.4, 0.5) is 18.9 Å². The Hall–Kier alpha value is -2.81. The Morgan fingerprint density at radius 1 is 1.23 bits per heavy atom. The number of rotatable bonds is 6. The molecule has 0 atom stereocenters. The number of anilines is 1. The number of carbonyl (C=O) groups excluding carboxylic acids is 2. The number of ether oxygens (including phenoxy) is 1. The molecule has 0 fully saturated rings. The van der Waals surface area contributed by atoms with Crippen LogP contribution in [0.5, 0.6) is 5.75 Å². The summed E-state index contributed by atoms with van der Waals surface area (Å²) in [6.45, 7) is -0.200. The molecule has 2 rings (SSSR count). The first-order valence-electron chi connectivity index (χ1n) is 7.35. The first-order valence-corrected chi connectivity index (χ1v) is 8.23. The third kappa shape index (κ3) is 6.60. The molecule has 0 saturated heterocycles. The van der Waals surface area contributed by atoms with Crippen LogP contribution in [0.3, 0.4) is 0 Å². The monoisotopic (exact) mass is 384 g/mol. The van der Waals surface area contributed by atoms with Crippen molar-refractivity contribution in [3.63, 3.8) is 0 Å². The molecule has 5 nitrogen and oxygen atoms in total. The summed E-state index contributed by atoms with van der Waals surface area (Å²) >= 11 is 1.48. The Bertz CT molecular complexity index is 772. The van der Waals surface area contributed by atoms with Gasteiger partial charge in [-0.15, -0.1) is 24.5 Å². The topological polar surface area (TPSA) is 58.6 Å². The lowest BCUT2D eigenvalue weighted by Crippen LogP contribution is -2.33. The van der Waals surface area contributed by atoms with Gasteiger partial charge in [-0.05, 0) is 41.8 Å². The smallest absolute Gasteiger partial charge is 0.406 e. The summed E-state index contributed by atoms with van der Waals surface area (Å²) < 4.78 is 40.0. The van der Waals surface area contributed by atoms with Crippen LogP contribution < -0.4 is 10.1 Å². The summed E-state index contributed by atoms with van der Waals surface area (Å²) in [6, 6.07) is 8.43. The number of hydrogen-bond donors (Lipinski definition) is 1. The lowest BCUT2D eigenvalue weighted by Gasteiger charge is -2.15. The minimum absolute atomic E-state index is 0.200. The van der Waals surface area contributed by atoms with E-state index in [9.17, 15) is 22.8 Å². The molecule has 1 aromatic carbocycles. The van der Waals surface area contributed by atoms with Crippen molar-refractivity contribution < 1.29 is 27.5 Å². The van der Waals surface area contributed by atoms with Crippen molar-refractivity contribution in [1.82, 2.24) is 4.90 Å². The molecule has 0 bridgehead atoms. The maximum atomic E-state index is 12.1. The standard InChI is InChI=1S/C17H15F3N2O3S/c1-22(16(24)9-8-14-3-2-10-26-14)11-15(23)21-12-4-6-13(7-5-12)25-17(18,19)20/h2-10H,11H2,1H3,(H,21,23). The summed E-state index contributed by atoms with van der Waals surface area (Å²) in [5, 5.41) is 4.38. The van der Waals surface area contributed by atoms with E-state index in [2.05, 4.69) is 10.1 Å². The van der Waals surface area contributed by atoms with Crippen molar-refractivity contribution in [2.75, 3.05) is 18.9 Å². The Labute approximate surface area is 151 Å². The average Bonchev–Trinajstić information content (AvgIpc) is 3.06. The molecule has 0 spiro atoms. The number of benzene rings is 1. The van der Waals surface area contributed by atoms with Gasteiger partial charge in [-0.1, -0.05) is 6.07 Å². The number of carbonyl (C=O) groups is 2. The van der Waals surface area contributed by atoms with Crippen LogP contribution in [0.25, 0.3) is 6.08 Å². The summed E-state index contributed by atoms with van der Waals surface area (Å²) in [5.74, 6) is -1.21. The predicted octanol–water partition coefficient (Wildman–Crippen LogP) is 3.76. The molecular weight excluding hydrogens is 369 g/mol. The van der Waals surface area contributed by atoms with Gasteiger partial charge in [0.25, 0.3) is 0 Å². The van der Waals surface area contributed by atoms with E-state index in [4.69, 9.17) is 0 Å². The number of nitrogens with one attached hydrogen (secondary N) is 1. The molecule has 0 aliphatic heterocycles. The summed E-state index contributed by atoms with van der Waals surface area (Å²) in [5.41, 5.74) is 0.291. The number of amides is 2. The zero-order chi connectivity index (χ0) is 19.2. The Kier molecular flexibility index (Phi) is 6.40. The van der Waals surface area contributed by atoms with Gasteiger partial charge in [0.2, 0.25) is 11.8 Å². The normalized spacial score (nSPS) is 11.4. The van der Waals surface area contributed by atoms with Crippen molar-refractivity contribution in [2.24, 2.45) is 0 Å². The molecule has 1 heterocycles. The minimum Gasteiger partial charge on any atom is -0.406 e. The van der Waals surface area contributed by atoms with E-state index in [0.717, 1.165) is 17.0 Å². The Balaban J connectivity index is 1.84. The minimum atomic E-state index is -4.77. The van der Waals surface area contributed by atoms with Crippen molar-refractivity contribution >= 4 is 34.9 Å². The molecule has 2 amide bonds. The van der Waals surface area contributed by atoms with Crippen LogP contribution in [0.1, 0.15) is 4.88 Å². The van der Waals surface area contributed by atoms with Crippen LogP contribution in [0.15, 0.2) is 47.9 Å². The van der Waals surface area contributed by atoms with Gasteiger partial charge in [0.15, 0.2) is 0 Å². The van der Waals surface area contributed by atoms with Crippen LogP contribution in [-0.4, -0.2) is 36.7 Å².